The Bertz CT molecular complexity index is 674. The predicted octanol–water partition coefficient (Wildman–Crippen LogP) is -3.89. The molecule has 9 N–H and O–H groups in total. The number of aliphatic hydroxyl groups excluding tert-OH is 1. The summed E-state index contributed by atoms with van der Waals surface area (Å²) in [5.41, 5.74) is 5.29. The quantitative estimate of drug-likeness (QED) is 0.115. The van der Waals surface area contributed by atoms with Crippen LogP contribution in [0.4, 0.5) is 0 Å². The number of carbonyl (C=O) groups is 6. The molecule has 0 aromatic carbocycles. The van der Waals surface area contributed by atoms with Crippen molar-refractivity contribution >= 4 is 48.3 Å². The first-order valence-corrected chi connectivity index (χ1v) is 9.10. The second-order valence-corrected chi connectivity index (χ2v) is 6.39. The molecule has 0 aliphatic heterocycles. The molecular weight excluding hydrogens is 428 g/mol. The topological polar surface area (TPSA) is 245 Å². The van der Waals surface area contributed by atoms with Crippen molar-refractivity contribution in [1.29, 1.82) is 0 Å². The van der Waals surface area contributed by atoms with Gasteiger partial charge in [0.15, 0.2) is 0 Å². The number of nitrogens with two attached hydrogens (primary N) is 1. The Balaban J connectivity index is 5.45. The summed E-state index contributed by atoms with van der Waals surface area (Å²) in [5.74, 6) is -7.74. The Labute approximate surface area is 175 Å². The van der Waals surface area contributed by atoms with Crippen LogP contribution in [-0.4, -0.2) is 92.6 Å². The number of aliphatic hydroxyl groups is 1. The highest BCUT2D eigenvalue weighted by Crippen LogP contribution is 2.03. The van der Waals surface area contributed by atoms with Gasteiger partial charge >= 0.3 is 17.9 Å². The van der Waals surface area contributed by atoms with Gasteiger partial charge in [-0.2, -0.15) is 12.6 Å². The van der Waals surface area contributed by atoms with Crippen LogP contribution in [0.15, 0.2) is 0 Å². The van der Waals surface area contributed by atoms with Crippen LogP contribution < -0.4 is 21.7 Å². The maximum Gasteiger partial charge on any atom is 0.327 e. The van der Waals surface area contributed by atoms with E-state index < -0.39 is 85.7 Å². The molecule has 0 aromatic heterocycles. The van der Waals surface area contributed by atoms with E-state index in [-0.39, 0.29) is 5.75 Å². The fraction of sp³-hybridized carbons (Fsp3) is 0.600. The van der Waals surface area contributed by atoms with Crippen molar-refractivity contribution in [2.24, 2.45) is 5.73 Å². The van der Waals surface area contributed by atoms with Crippen LogP contribution in [0.3, 0.4) is 0 Å². The zero-order chi connectivity index (χ0) is 23.4. The van der Waals surface area contributed by atoms with Gasteiger partial charge in [-0.15, -0.1) is 0 Å². The standard InChI is InChI=1S/C15H24N4O10S/c16-6(4-20)12(25)18-8(3-11(23)24)14(27)17-7(1-2-10(21)22)13(26)19-9(5-30)15(28)29/h6-9,20,30H,1-5,16H2,(H,17,27)(H,18,25)(H,19,26)(H,21,22)(H,23,24)(H,28,29). The minimum Gasteiger partial charge on any atom is -0.481 e. The highest BCUT2D eigenvalue weighted by Gasteiger charge is 2.31. The van der Waals surface area contributed by atoms with Crippen LogP contribution in [0.25, 0.3) is 0 Å². The lowest BCUT2D eigenvalue weighted by Crippen LogP contribution is -2.58. The third-order valence-corrected chi connectivity index (χ3v) is 3.99. The van der Waals surface area contributed by atoms with Crippen LogP contribution >= 0.6 is 12.6 Å². The number of hydrogen-bond acceptors (Lipinski definition) is 9. The van der Waals surface area contributed by atoms with E-state index in [1.165, 1.54) is 0 Å². The van der Waals surface area contributed by atoms with Crippen molar-refractivity contribution in [3.05, 3.63) is 0 Å². The van der Waals surface area contributed by atoms with Gasteiger partial charge in [0.1, 0.15) is 24.2 Å². The first-order chi connectivity index (χ1) is 13.9. The van der Waals surface area contributed by atoms with Crippen LogP contribution in [0.1, 0.15) is 19.3 Å². The smallest absolute Gasteiger partial charge is 0.327 e. The van der Waals surface area contributed by atoms with E-state index in [4.69, 9.17) is 26.2 Å². The minimum absolute atomic E-state index is 0.294. The van der Waals surface area contributed by atoms with Crippen molar-refractivity contribution in [3.8, 4) is 0 Å². The summed E-state index contributed by atoms with van der Waals surface area (Å²) in [6.45, 7) is -0.781. The SMILES string of the molecule is NC(CO)C(=O)NC(CC(=O)O)C(=O)NC(CCC(=O)O)C(=O)NC(CS)C(=O)O. The highest BCUT2D eigenvalue weighted by atomic mass is 32.1. The number of thiol groups is 1. The Morgan fingerprint density at radius 2 is 1.30 bits per heavy atom. The van der Waals surface area contributed by atoms with Gasteiger partial charge in [0, 0.05) is 12.2 Å². The first-order valence-electron chi connectivity index (χ1n) is 8.47. The van der Waals surface area contributed by atoms with E-state index >= 15 is 0 Å². The van der Waals surface area contributed by atoms with Gasteiger partial charge in [0.25, 0.3) is 0 Å². The fourth-order valence-corrected chi connectivity index (χ4v) is 2.26. The number of hydrogen-bond donors (Lipinski definition) is 9. The van der Waals surface area contributed by atoms with Gasteiger partial charge in [-0.1, -0.05) is 0 Å². The summed E-state index contributed by atoms with van der Waals surface area (Å²) in [6.07, 6.45) is -1.94. The zero-order valence-corrected chi connectivity index (χ0v) is 16.5. The summed E-state index contributed by atoms with van der Waals surface area (Å²) in [4.78, 5) is 69.3. The average Bonchev–Trinajstić information content (AvgIpc) is 2.66. The fourth-order valence-electron chi connectivity index (χ4n) is 2.01. The average molecular weight is 452 g/mol. The highest BCUT2D eigenvalue weighted by molar-refractivity contribution is 7.80. The molecule has 0 aromatic rings. The Hall–Kier alpha value is -2.91. The Kier molecular flexibility index (Phi) is 12.0. The summed E-state index contributed by atoms with van der Waals surface area (Å²) in [6, 6.07) is -6.11. The van der Waals surface area contributed by atoms with Crippen molar-refractivity contribution in [2.75, 3.05) is 12.4 Å². The molecule has 4 atom stereocenters. The second-order valence-electron chi connectivity index (χ2n) is 6.02. The van der Waals surface area contributed by atoms with Crippen LogP contribution in [0.2, 0.25) is 0 Å². The lowest BCUT2D eigenvalue weighted by atomic mass is 10.1. The maximum atomic E-state index is 12.4. The molecule has 0 rings (SSSR count). The Morgan fingerprint density at radius 1 is 0.800 bits per heavy atom. The predicted molar refractivity (Wildman–Crippen MR) is 101 cm³/mol. The van der Waals surface area contributed by atoms with Gasteiger partial charge in [-0.3, -0.25) is 24.0 Å². The molecule has 4 unspecified atom stereocenters. The van der Waals surface area contributed by atoms with Gasteiger partial charge in [-0.05, 0) is 6.42 Å². The zero-order valence-electron chi connectivity index (χ0n) is 15.6. The largest absolute Gasteiger partial charge is 0.481 e. The third-order valence-electron chi connectivity index (χ3n) is 3.62. The van der Waals surface area contributed by atoms with E-state index in [0.717, 1.165) is 0 Å². The van der Waals surface area contributed by atoms with E-state index in [1.807, 2.05) is 5.32 Å². The molecule has 14 nitrogen and oxygen atoms in total. The molecule has 170 valence electrons. The van der Waals surface area contributed by atoms with Crippen LogP contribution in [0, 0.1) is 0 Å². The molecule has 0 fully saturated rings. The second kappa shape index (κ2) is 13.3. The van der Waals surface area contributed by atoms with Gasteiger partial charge in [0.2, 0.25) is 17.7 Å². The lowest BCUT2D eigenvalue weighted by molar-refractivity contribution is -0.143. The molecular formula is C15H24N4O10S. The molecule has 0 bridgehead atoms. The van der Waals surface area contributed by atoms with Crippen molar-refractivity contribution in [1.82, 2.24) is 16.0 Å². The summed E-state index contributed by atoms with van der Waals surface area (Å²) in [7, 11) is 0. The maximum absolute atomic E-state index is 12.4. The molecule has 0 radical (unpaired) electrons. The summed E-state index contributed by atoms with van der Waals surface area (Å²) >= 11 is 3.77. The van der Waals surface area contributed by atoms with E-state index in [9.17, 15) is 28.8 Å². The van der Waals surface area contributed by atoms with Gasteiger partial charge in [-0.25, -0.2) is 4.79 Å². The number of aliphatic carboxylic acids is 3. The number of carboxylic acids is 3. The number of rotatable bonds is 14. The Morgan fingerprint density at radius 3 is 1.73 bits per heavy atom. The summed E-state index contributed by atoms with van der Waals surface area (Å²) < 4.78 is 0. The molecule has 0 aliphatic rings. The van der Waals surface area contributed by atoms with E-state index in [2.05, 4.69) is 23.3 Å². The number of nitrogens with one attached hydrogen (secondary N) is 3. The molecule has 0 saturated heterocycles. The number of carbonyl (C=O) groups excluding carboxylic acids is 3. The normalized spacial score (nSPS) is 14.5. The molecule has 30 heavy (non-hydrogen) atoms. The van der Waals surface area contributed by atoms with Gasteiger partial charge in [0.05, 0.1) is 13.0 Å². The summed E-state index contributed by atoms with van der Waals surface area (Å²) in [5, 5.41) is 41.7. The number of amides is 3. The van der Waals surface area contributed by atoms with Crippen LogP contribution in [0.5, 0.6) is 0 Å². The monoisotopic (exact) mass is 452 g/mol. The number of carboxylic acid groups (broad SMARTS) is 3. The molecule has 0 aliphatic carbocycles. The molecule has 15 heteroatoms. The molecule has 0 heterocycles. The van der Waals surface area contributed by atoms with E-state index in [1.54, 1.807) is 0 Å². The van der Waals surface area contributed by atoms with E-state index in [0.29, 0.717) is 0 Å². The molecule has 0 spiro atoms. The van der Waals surface area contributed by atoms with Crippen LogP contribution in [-0.2, 0) is 28.8 Å². The molecule has 3 amide bonds. The van der Waals surface area contributed by atoms with Crippen molar-refractivity contribution in [3.63, 3.8) is 0 Å². The van der Waals surface area contributed by atoms with Crippen molar-refractivity contribution in [2.45, 2.75) is 43.4 Å². The lowest BCUT2D eigenvalue weighted by Gasteiger charge is -2.24. The minimum atomic E-state index is -1.70. The van der Waals surface area contributed by atoms with Crippen molar-refractivity contribution < 1.29 is 49.2 Å². The third kappa shape index (κ3) is 10.0. The van der Waals surface area contributed by atoms with Gasteiger partial charge < -0.3 is 42.1 Å². The first kappa shape index (κ1) is 27.1. The molecule has 0 saturated carbocycles.